The van der Waals surface area contributed by atoms with E-state index in [0.29, 0.717) is 0 Å². The van der Waals surface area contributed by atoms with Crippen molar-refractivity contribution in [2.24, 2.45) is 5.10 Å². The van der Waals surface area contributed by atoms with Crippen molar-refractivity contribution in [1.82, 2.24) is 14.6 Å². The van der Waals surface area contributed by atoms with Crippen LogP contribution >= 0.6 is 11.8 Å². The minimum atomic E-state index is 0.937. The Labute approximate surface area is 111 Å². The Bertz CT molecular complexity index is 607. The first kappa shape index (κ1) is 11.7. The van der Waals surface area contributed by atoms with Gasteiger partial charge >= 0.3 is 0 Å². The normalized spacial score (nSPS) is 16.2. The number of hydrogen-bond donors (Lipinski definition) is 0. The molecule has 2 aromatic rings. The van der Waals surface area contributed by atoms with Crippen LogP contribution < -0.4 is 0 Å². The highest BCUT2D eigenvalue weighted by Crippen LogP contribution is 2.20. The summed E-state index contributed by atoms with van der Waals surface area (Å²) < 4.78 is 1.97. The molecule has 1 aliphatic heterocycles. The van der Waals surface area contributed by atoms with Crippen LogP contribution in [0.25, 0.3) is 11.0 Å². The van der Waals surface area contributed by atoms with Crippen LogP contribution in [-0.4, -0.2) is 31.9 Å². The molecule has 4 nitrogen and oxygen atoms in total. The zero-order chi connectivity index (χ0) is 12.5. The van der Waals surface area contributed by atoms with E-state index in [1.165, 1.54) is 17.2 Å². The molecule has 2 aromatic heterocycles. The minimum absolute atomic E-state index is 0.937. The molecule has 1 saturated heterocycles. The molecule has 0 aromatic carbocycles. The Morgan fingerprint density at radius 2 is 2.06 bits per heavy atom. The molecule has 0 bridgehead atoms. The highest BCUT2D eigenvalue weighted by molar-refractivity contribution is 7.99. The van der Waals surface area contributed by atoms with Crippen molar-refractivity contribution in [3.8, 4) is 0 Å². The molecule has 1 aliphatic rings. The van der Waals surface area contributed by atoms with E-state index >= 15 is 0 Å². The van der Waals surface area contributed by atoms with Crippen molar-refractivity contribution in [3.05, 3.63) is 23.8 Å². The lowest BCUT2D eigenvalue weighted by molar-refractivity contribution is 0.839. The minimum Gasteiger partial charge on any atom is -0.259 e. The second-order valence-corrected chi connectivity index (χ2v) is 5.74. The summed E-state index contributed by atoms with van der Waals surface area (Å²) in [5.41, 5.74) is 4.27. The third-order valence-electron chi connectivity index (χ3n) is 3.21. The van der Waals surface area contributed by atoms with Gasteiger partial charge in [-0.15, -0.1) is 0 Å². The molecule has 3 rings (SSSR count). The molecule has 0 unspecified atom stereocenters. The number of thioether (sulfide) groups is 1. The quantitative estimate of drug-likeness (QED) is 0.792. The van der Waals surface area contributed by atoms with Crippen LogP contribution in [0.3, 0.4) is 0 Å². The van der Waals surface area contributed by atoms with Gasteiger partial charge in [-0.3, -0.25) is 4.98 Å². The number of aromatic nitrogens is 3. The summed E-state index contributed by atoms with van der Waals surface area (Å²) >= 11 is 2.01. The molecule has 0 radical (unpaired) electrons. The second kappa shape index (κ2) is 4.72. The number of rotatable bonds is 1. The molecule has 1 fully saturated rings. The van der Waals surface area contributed by atoms with Gasteiger partial charge in [0.15, 0.2) is 0 Å². The van der Waals surface area contributed by atoms with Crippen LogP contribution in [0.1, 0.15) is 24.4 Å². The lowest BCUT2D eigenvalue weighted by Crippen LogP contribution is -2.10. The average molecular weight is 260 g/mol. The van der Waals surface area contributed by atoms with Crippen molar-refractivity contribution < 1.29 is 0 Å². The van der Waals surface area contributed by atoms with Gasteiger partial charge in [0.1, 0.15) is 11.3 Å². The Balaban J connectivity index is 2.11. The predicted molar refractivity (Wildman–Crippen MR) is 76.4 cm³/mol. The molecular formula is C13H16N4S. The van der Waals surface area contributed by atoms with E-state index in [1.807, 2.05) is 42.5 Å². The predicted octanol–water partition coefficient (Wildman–Crippen LogP) is 2.78. The average Bonchev–Trinajstić information content (AvgIpc) is 2.70. The van der Waals surface area contributed by atoms with E-state index in [9.17, 15) is 0 Å². The molecule has 0 saturated carbocycles. The first-order chi connectivity index (χ1) is 8.75. The number of hydrogen-bond acceptors (Lipinski definition) is 4. The maximum atomic E-state index is 4.78. The number of aryl methyl sites for hydroxylation is 2. The van der Waals surface area contributed by atoms with Gasteiger partial charge in [-0.25, -0.2) is 9.66 Å². The molecule has 3 heterocycles. The summed E-state index contributed by atoms with van der Waals surface area (Å²) in [5.74, 6) is 3.31. The van der Waals surface area contributed by atoms with E-state index in [4.69, 9.17) is 5.10 Å². The SMILES string of the molecule is Cc1nccc2c1nc(C)n2N=C1CCSCC1. The molecular weight excluding hydrogens is 244 g/mol. The van der Waals surface area contributed by atoms with Gasteiger partial charge in [-0.2, -0.15) is 16.9 Å². The third-order valence-corrected chi connectivity index (χ3v) is 4.19. The summed E-state index contributed by atoms with van der Waals surface area (Å²) in [4.78, 5) is 8.85. The highest BCUT2D eigenvalue weighted by Gasteiger charge is 2.12. The third kappa shape index (κ3) is 2.03. The van der Waals surface area contributed by atoms with Crippen molar-refractivity contribution >= 4 is 28.5 Å². The second-order valence-electron chi connectivity index (χ2n) is 4.51. The van der Waals surface area contributed by atoms with Crippen molar-refractivity contribution in [1.29, 1.82) is 0 Å². The number of pyridine rings is 1. The standard InChI is InChI=1S/C13H16N4S/c1-9-13-12(3-6-14-9)17(10(2)15-13)16-11-4-7-18-8-5-11/h3,6H,4-5,7-8H2,1-2H3. The maximum absolute atomic E-state index is 4.78. The Morgan fingerprint density at radius 1 is 1.28 bits per heavy atom. The zero-order valence-corrected chi connectivity index (χ0v) is 11.5. The van der Waals surface area contributed by atoms with E-state index in [-0.39, 0.29) is 0 Å². The van der Waals surface area contributed by atoms with Gasteiger partial charge in [-0.05, 0) is 44.3 Å². The first-order valence-corrected chi connectivity index (χ1v) is 7.36. The molecule has 5 heteroatoms. The fraction of sp³-hybridized carbons (Fsp3) is 0.462. The van der Waals surface area contributed by atoms with Crippen LogP contribution in [0.4, 0.5) is 0 Å². The largest absolute Gasteiger partial charge is 0.259 e. The Kier molecular flexibility index (Phi) is 3.07. The van der Waals surface area contributed by atoms with Crippen molar-refractivity contribution in [2.75, 3.05) is 11.5 Å². The maximum Gasteiger partial charge on any atom is 0.128 e. The van der Waals surface area contributed by atoms with Gasteiger partial charge in [0.2, 0.25) is 0 Å². The topological polar surface area (TPSA) is 43.1 Å². The lowest BCUT2D eigenvalue weighted by Gasteiger charge is -2.12. The molecule has 18 heavy (non-hydrogen) atoms. The number of fused-ring (bicyclic) bond motifs is 1. The molecule has 94 valence electrons. The van der Waals surface area contributed by atoms with E-state index in [2.05, 4.69) is 9.97 Å². The van der Waals surface area contributed by atoms with Crippen LogP contribution in [0, 0.1) is 13.8 Å². The van der Waals surface area contributed by atoms with E-state index in [1.54, 1.807) is 0 Å². The summed E-state index contributed by atoms with van der Waals surface area (Å²) in [6.07, 6.45) is 4.01. The fourth-order valence-electron chi connectivity index (χ4n) is 2.21. The highest BCUT2D eigenvalue weighted by atomic mass is 32.2. The first-order valence-electron chi connectivity index (χ1n) is 6.21. The zero-order valence-electron chi connectivity index (χ0n) is 10.7. The Hall–Kier alpha value is -1.36. The van der Waals surface area contributed by atoms with Crippen LogP contribution in [0.2, 0.25) is 0 Å². The molecule has 0 atom stereocenters. The van der Waals surface area contributed by atoms with Gasteiger partial charge in [0.25, 0.3) is 0 Å². The van der Waals surface area contributed by atoms with Gasteiger partial charge in [0.05, 0.1) is 11.2 Å². The van der Waals surface area contributed by atoms with Crippen molar-refractivity contribution in [2.45, 2.75) is 26.7 Å². The number of imidazole rings is 1. The summed E-state index contributed by atoms with van der Waals surface area (Å²) in [6.45, 7) is 3.99. The Morgan fingerprint density at radius 3 is 2.83 bits per heavy atom. The van der Waals surface area contributed by atoms with Gasteiger partial charge < -0.3 is 0 Å². The van der Waals surface area contributed by atoms with Crippen LogP contribution in [0.5, 0.6) is 0 Å². The van der Waals surface area contributed by atoms with E-state index in [0.717, 1.165) is 35.4 Å². The molecule has 0 N–H and O–H groups in total. The molecule has 0 amide bonds. The summed E-state index contributed by atoms with van der Waals surface area (Å²) in [6, 6.07) is 1.99. The monoisotopic (exact) mass is 260 g/mol. The molecule has 0 spiro atoms. The van der Waals surface area contributed by atoms with E-state index < -0.39 is 0 Å². The summed E-state index contributed by atoms with van der Waals surface area (Å²) in [7, 11) is 0. The molecule has 0 aliphatic carbocycles. The fourth-order valence-corrected chi connectivity index (χ4v) is 3.18. The van der Waals surface area contributed by atoms with Crippen LogP contribution in [-0.2, 0) is 0 Å². The van der Waals surface area contributed by atoms with Crippen molar-refractivity contribution in [3.63, 3.8) is 0 Å². The number of nitrogens with zero attached hydrogens (tertiary/aromatic N) is 4. The smallest absolute Gasteiger partial charge is 0.128 e. The lowest BCUT2D eigenvalue weighted by atomic mass is 10.2. The van der Waals surface area contributed by atoms with Gasteiger partial charge in [0, 0.05) is 11.9 Å². The van der Waals surface area contributed by atoms with Crippen LogP contribution in [0.15, 0.2) is 17.4 Å². The van der Waals surface area contributed by atoms with Gasteiger partial charge in [-0.1, -0.05) is 0 Å². The summed E-state index contributed by atoms with van der Waals surface area (Å²) in [5, 5.41) is 4.78.